The van der Waals surface area contributed by atoms with Gasteiger partial charge in [-0.15, -0.1) is 0 Å². The Morgan fingerprint density at radius 1 is 1.05 bits per heavy atom. The predicted octanol–water partition coefficient (Wildman–Crippen LogP) is 4.12. The van der Waals surface area contributed by atoms with E-state index >= 15 is 0 Å². The van der Waals surface area contributed by atoms with Gasteiger partial charge in [-0.25, -0.2) is 4.98 Å². The van der Waals surface area contributed by atoms with Crippen molar-refractivity contribution in [2.75, 3.05) is 12.4 Å². The van der Waals surface area contributed by atoms with Crippen LogP contribution < -0.4 is 10.1 Å². The van der Waals surface area contributed by atoms with Gasteiger partial charge in [-0.1, -0.05) is 19.2 Å². The van der Waals surface area contributed by atoms with Crippen molar-refractivity contribution in [2.24, 2.45) is 0 Å². The van der Waals surface area contributed by atoms with Gasteiger partial charge in [-0.05, 0) is 48.0 Å². The summed E-state index contributed by atoms with van der Waals surface area (Å²) in [4.78, 5) is 4.47. The fraction of sp³-hybridized carbons (Fsp3) is 0.0625. The maximum absolute atomic E-state index is 5.12. The molecular weight excluding hydrogens is 236 g/mol. The van der Waals surface area contributed by atoms with Crippen molar-refractivity contribution >= 4 is 23.7 Å². The van der Waals surface area contributed by atoms with Gasteiger partial charge in [-0.3, -0.25) is 0 Å². The van der Waals surface area contributed by atoms with E-state index in [1.807, 2.05) is 36.4 Å². The molecule has 96 valence electrons. The molecular formula is C16H16N2O. The van der Waals surface area contributed by atoms with Crippen LogP contribution in [0.15, 0.2) is 49.6 Å². The van der Waals surface area contributed by atoms with E-state index in [-0.39, 0.29) is 0 Å². The molecule has 0 saturated heterocycles. The molecule has 0 aliphatic heterocycles. The molecule has 19 heavy (non-hydrogen) atoms. The van der Waals surface area contributed by atoms with Gasteiger partial charge in [0, 0.05) is 5.69 Å². The van der Waals surface area contributed by atoms with Crippen LogP contribution in [0.25, 0.3) is 12.2 Å². The lowest BCUT2D eigenvalue weighted by molar-refractivity contribution is 0.415. The lowest BCUT2D eigenvalue weighted by Crippen LogP contribution is -1.96. The summed E-state index contributed by atoms with van der Waals surface area (Å²) in [5.74, 6) is 1.60. The van der Waals surface area contributed by atoms with Crippen LogP contribution in [-0.2, 0) is 0 Å². The second-order valence-electron chi connectivity index (χ2n) is 3.93. The van der Waals surface area contributed by atoms with Crippen LogP contribution in [0, 0.1) is 0 Å². The molecule has 0 spiro atoms. The highest BCUT2D eigenvalue weighted by Gasteiger charge is 2.01. The fourth-order valence-electron chi connectivity index (χ4n) is 1.71. The number of hydrogen-bond acceptors (Lipinski definition) is 3. The highest BCUT2D eigenvalue weighted by atomic mass is 16.5. The van der Waals surface area contributed by atoms with Crippen LogP contribution in [0.2, 0.25) is 0 Å². The minimum Gasteiger partial charge on any atom is -0.497 e. The number of pyridine rings is 1. The first-order chi connectivity index (χ1) is 9.26. The van der Waals surface area contributed by atoms with E-state index in [1.165, 1.54) is 0 Å². The third kappa shape index (κ3) is 3.01. The molecule has 3 nitrogen and oxygen atoms in total. The van der Waals surface area contributed by atoms with E-state index in [0.717, 1.165) is 28.5 Å². The van der Waals surface area contributed by atoms with Gasteiger partial charge >= 0.3 is 0 Å². The van der Waals surface area contributed by atoms with Gasteiger partial charge in [0.1, 0.15) is 11.6 Å². The van der Waals surface area contributed by atoms with Crippen LogP contribution >= 0.6 is 0 Å². The predicted molar refractivity (Wildman–Crippen MR) is 80.7 cm³/mol. The molecule has 2 rings (SSSR count). The zero-order valence-electron chi connectivity index (χ0n) is 10.9. The Kier molecular flexibility index (Phi) is 3.98. The van der Waals surface area contributed by atoms with Crippen molar-refractivity contribution in [1.82, 2.24) is 4.98 Å². The summed E-state index contributed by atoms with van der Waals surface area (Å²) in [5.41, 5.74) is 2.73. The molecule has 0 unspecified atom stereocenters. The Hall–Kier alpha value is -2.55. The Morgan fingerprint density at radius 3 is 2.37 bits per heavy atom. The molecule has 1 N–H and O–H groups in total. The van der Waals surface area contributed by atoms with Gasteiger partial charge < -0.3 is 10.1 Å². The molecule has 0 aliphatic carbocycles. The zero-order valence-corrected chi connectivity index (χ0v) is 10.9. The minimum atomic E-state index is 0.769. The minimum absolute atomic E-state index is 0.769. The maximum atomic E-state index is 5.12. The van der Waals surface area contributed by atoms with Gasteiger partial charge in [0.2, 0.25) is 0 Å². The first-order valence-corrected chi connectivity index (χ1v) is 5.94. The Labute approximate surface area is 113 Å². The van der Waals surface area contributed by atoms with Crippen LogP contribution in [0.3, 0.4) is 0 Å². The third-order valence-corrected chi connectivity index (χ3v) is 2.73. The van der Waals surface area contributed by atoms with Crippen molar-refractivity contribution in [3.05, 3.63) is 60.8 Å². The molecule has 1 aromatic heterocycles. The molecule has 0 radical (unpaired) electrons. The van der Waals surface area contributed by atoms with Crippen molar-refractivity contribution < 1.29 is 4.74 Å². The number of anilines is 2. The standard InChI is InChI=1S/C16H16N2O/c1-4-12-6-11-16(18-15(12)5-2)17-13-7-9-14(19-3)10-8-13/h4-11H,1-2H2,3H3,(H,17,18). The van der Waals surface area contributed by atoms with Gasteiger partial charge in [0.15, 0.2) is 0 Å². The number of rotatable bonds is 5. The maximum Gasteiger partial charge on any atom is 0.131 e. The molecule has 0 fully saturated rings. The van der Waals surface area contributed by atoms with Gasteiger partial charge in [-0.2, -0.15) is 0 Å². The number of methoxy groups -OCH3 is 1. The summed E-state index contributed by atoms with van der Waals surface area (Å²) in [6, 6.07) is 11.5. The molecule has 0 amide bonds. The summed E-state index contributed by atoms with van der Waals surface area (Å²) in [6.45, 7) is 7.51. The monoisotopic (exact) mass is 252 g/mol. The molecule has 3 heteroatoms. The highest BCUT2D eigenvalue weighted by Crippen LogP contribution is 2.20. The lowest BCUT2D eigenvalue weighted by Gasteiger charge is -2.08. The second kappa shape index (κ2) is 5.87. The second-order valence-corrected chi connectivity index (χ2v) is 3.93. The molecule has 1 heterocycles. The molecule has 1 aromatic carbocycles. The van der Waals surface area contributed by atoms with Crippen LogP contribution in [-0.4, -0.2) is 12.1 Å². The van der Waals surface area contributed by atoms with Gasteiger partial charge in [0.05, 0.1) is 12.8 Å². The molecule has 2 aromatic rings. The van der Waals surface area contributed by atoms with Gasteiger partial charge in [0.25, 0.3) is 0 Å². The number of ether oxygens (including phenoxy) is 1. The fourth-order valence-corrected chi connectivity index (χ4v) is 1.71. The molecule has 0 bridgehead atoms. The summed E-state index contributed by atoms with van der Waals surface area (Å²) in [7, 11) is 1.65. The molecule has 0 saturated carbocycles. The van der Waals surface area contributed by atoms with E-state index in [4.69, 9.17) is 4.74 Å². The smallest absolute Gasteiger partial charge is 0.131 e. The van der Waals surface area contributed by atoms with Crippen molar-refractivity contribution in [1.29, 1.82) is 0 Å². The Bertz CT molecular complexity index is 588. The highest BCUT2D eigenvalue weighted by molar-refractivity contribution is 5.65. The SMILES string of the molecule is C=Cc1ccc(Nc2ccc(OC)cc2)nc1C=C. The van der Waals surface area contributed by atoms with Crippen molar-refractivity contribution in [3.8, 4) is 5.75 Å². The number of hydrogen-bond donors (Lipinski definition) is 1. The quantitative estimate of drug-likeness (QED) is 0.869. The van der Waals surface area contributed by atoms with Crippen LogP contribution in [0.5, 0.6) is 5.75 Å². The first kappa shape index (κ1) is 12.9. The Balaban J connectivity index is 2.22. The number of aromatic nitrogens is 1. The van der Waals surface area contributed by atoms with E-state index in [0.29, 0.717) is 0 Å². The summed E-state index contributed by atoms with van der Waals surface area (Å²) >= 11 is 0. The van der Waals surface area contributed by atoms with E-state index in [1.54, 1.807) is 19.3 Å². The average molecular weight is 252 g/mol. The van der Waals surface area contributed by atoms with E-state index in [2.05, 4.69) is 23.5 Å². The lowest BCUT2D eigenvalue weighted by atomic mass is 10.2. The van der Waals surface area contributed by atoms with Crippen LogP contribution in [0.1, 0.15) is 11.3 Å². The van der Waals surface area contributed by atoms with Crippen molar-refractivity contribution in [3.63, 3.8) is 0 Å². The van der Waals surface area contributed by atoms with E-state index < -0.39 is 0 Å². The molecule has 0 aliphatic rings. The zero-order chi connectivity index (χ0) is 13.7. The summed E-state index contributed by atoms with van der Waals surface area (Å²) < 4.78 is 5.12. The first-order valence-electron chi connectivity index (χ1n) is 5.94. The third-order valence-electron chi connectivity index (χ3n) is 2.73. The van der Waals surface area contributed by atoms with E-state index in [9.17, 15) is 0 Å². The topological polar surface area (TPSA) is 34.1 Å². The number of nitrogens with zero attached hydrogens (tertiary/aromatic N) is 1. The van der Waals surface area contributed by atoms with Crippen LogP contribution in [0.4, 0.5) is 11.5 Å². The Morgan fingerprint density at radius 2 is 1.79 bits per heavy atom. The number of benzene rings is 1. The normalized spacial score (nSPS) is 9.74. The summed E-state index contributed by atoms with van der Waals surface area (Å²) in [5, 5.41) is 3.23. The molecule has 0 atom stereocenters. The summed E-state index contributed by atoms with van der Waals surface area (Å²) in [6.07, 6.45) is 3.48. The largest absolute Gasteiger partial charge is 0.497 e. The van der Waals surface area contributed by atoms with Crippen molar-refractivity contribution in [2.45, 2.75) is 0 Å². The number of nitrogens with one attached hydrogen (secondary N) is 1. The average Bonchev–Trinajstić information content (AvgIpc) is 2.48.